The molecule has 0 atom stereocenters. The quantitative estimate of drug-likeness (QED) is 0.802. The highest BCUT2D eigenvalue weighted by Crippen LogP contribution is 2.28. The van der Waals surface area contributed by atoms with Crippen molar-refractivity contribution < 1.29 is 9.90 Å². The first-order valence-corrected chi connectivity index (χ1v) is 7.13. The van der Waals surface area contributed by atoms with E-state index in [9.17, 15) is 14.7 Å². The molecular weight excluding hydrogens is 266 g/mol. The Morgan fingerprint density at radius 3 is 2.57 bits per heavy atom. The zero-order valence-electron chi connectivity index (χ0n) is 11.9. The van der Waals surface area contributed by atoms with Crippen LogP contribution in [0.4, 0.5) is 4.79 Å². The van der Waals surface area contributed by atoms with Crippen LogP contribution in [0.1, 0.15) is 29.5 Å². The first-order chi connectivity index (χ1) is 10.1. The van der Waals surface area contributed by atoms with Crippen molar-refractivity contribution in [2.75, 3.05) is 0 Å². The molecule has 0 N–H and O–H groups in total. The van der Waals surface area contributed by atoms with E-state index in [-0.39, 0.29) is 0 Å². The second-order valence-electron chi connectivity index (χ2n) is 5.49. The lowest BCUT2D eigenvalue weighted by Gasteiger charge is -2.17. The predicted octanol–water partition coefficient (Wildman–Crippen LogP) is 1.89. The average Bonchev–Trinajstić information content (AvgIpc) is 2.49. The topological polar surface area (TPSA) is 62.1 Å². The number of carbonyl (C=O) groups excluding carboxylic acids is 1. The van der Waals surface area contributed by atoms with E-state index >= 15 is 0 Å². The van der Waals surface area contributed by atoms with Crippen molar-refractivity contribution in [2.24, 2.45) is 0 Å². The lowest BCUT2D eigenvalue weighted by atomic mass is 9.88. The van der Waals surface area contributed by atoms with Crippen LogP contribution in [0.3, 0.4) is 0 Å². The number of nitrogens with zero attached hydrogens (tertiary/aromatic N) is 1. The summed E-state index contributed by atoms with van der Waals surface area (Å²) in [4.78, 5) is 22.9. The molecule has 21 heavy (non-hydrogen) atoms. The molecule has 4 heteroatoms. The van der Waals surface area contributed by atoms with Crippen LogP contribution in [-0.4, -0.2) is 10.7 Å². The van der Waals surface area contributed by atoms with Crippen molar-refractivity contribution in [3.8, 4) is 11.1 Å². The fourth-order valence-corrected chi connectivity index (χ4v) is 3.00. The van der Waals surface area contributed by atoms with Gasteiger partial charge in [-0.1, -0.05) is 18.2 Å². The van der Waals surface area contributed by atoms with Gasteiger partial charge in [-0.05, 0) is 60.9 Å². The van der Waals surface area contributed by atoms with Crippen LogP contribution in [0.15, 0.2) is 35.3 Å². The van der Waals surface area contributed by atoms with Crippen LogP contribution in [0.25, 0.3) is 11.1 Å². The van der Waals surface area contributed by atoms with Gasteiger partial charge in [-0.2, -0.15) is 0 Å². The lowest BCUT2D eigenvalue weighted by molar-refractivity contribution is -0.250. The van der Waals surface area contributed by atoms with Gasteiger partial charge in [0.2, 0.25) is 0 Å². The summed E-state index contributed by atoms with van der Waals surface area (Å²) < 4.78 is 0.608. The molecule has 2 aromatic rings. The fraction of sp³-hybridized carbons (Fsp3) is 0.294. The second-order valence-corrected chi connectivity index (χ2v) is 5.49. The average molecular weight is 282 g/mol. The van der Waals surface area contributed by atoms with Gasteiger partial charge in [0.25, 0.3) is 5.56 Å². The van der Waals surface area contributed by atoms with Gasteiger partial charge >= 0.3 is 0 Å². The maximum Gasteiger partial charge on any atom is 0.259 e. The van der Waals surface area contributed by atoms with Crippen molar-refractivity contribution >= 4 is 6.09 Å². The van der Waals surface area contributed by atoms with E-state index in [1.807, 2.05) is 6.07 Å². The molecule has 0 saturated heterocycles. The monoisotopic (exact) mass is 282 g/mol. The maximum absolute atomic E-state index is 12.0. The number of carbonyl (C=O) groups is 1. The van der Waals surface area contributed by atoms with Crippen molar-refractivity contribution in [1.29, 1.82) is 0 Å². The number of hydrogen-bond donors (Lipinski definition) is 0. The van der Waals surface area contributed by atoms with E-state index in [0.29, 0.717) is 10.1 Å². The second kappa shape index (κ2) is 5.20. The van der Waals surface area contributed by atoms with Crippen molar-refractivity contribution in [3.63, 3.8) is 0 Å². The first kappa shape index (κ1) is 13.6. The number of hydrogen-bond acceptors (Lipinski definition) is 3. The van der Waals surface area contributed by atoms with E-state index in [4.69, 9.17) is 0 Å². The van der Waals surface area contributed by atoms with Gasteiger partial charge < -0.3 is 9.90 Å². The van der Waals surface area contributed by atoms with E-state index in [1.54, 1.807) is 13.0 Å². The minimum Gasteiger partial charge on any atom is -0.529 e. The zero-order chi connectivity index (χ0) is 15.0. The van der Waals surface area contributed by atoms with Crippen LogP contribution < -0.4 is 10.7 Å². The summed E-state index contributed by atoms with van der Waals surface area (Å²) in [5.41, 5.74) is 4.36. The molecule has 0 radical (unpaired) electrons. The Labute approximate surface area is 122 Å². The number of pyridine rings is 1. The zero-order valence-corrected chi connectivity index (χ0v) is 11.9. The van der Waals surface area contributed by atoms with Gasteiger partial charge in [0.1, 0.15) is 6.09 Å². The molecule has 4 nitrogen and oxygen atoms in total. The van der Waals surface area contributed by atoms with E-state index in [0.717, 1.165) is 24.0 Å². The smallest absolute Gasteiger partial charge is 0.259 e. The minimum atomic E-state index is -1.50. The van der Waals surface area contributed by atoms with Gasteiger partial charge in [0, 0.05) is 11.8 Å². The third kappa shape index (κ3) is 2.37. The third-order valence-corrected chi connectivity index (χ3v) is 4.19. The molecule has 0 unspecified atom stereocenters. The van der Waals surface area contributed by atoms with E-state index < -0.39 is 11.7 Å². The Hall–Kier alpha value is -2.36. The van der Waals surface area contributed by atoms with Crippen molar-refractivity contribution in [3.05, 3.63) is 57.5 Å². The van der Waals surface area contributed by atoms with Crippen LogP contribution in [-0.2, 0) is 12.8 Å². The standard InChI is InChI=1S/C17H17NO3/c1-11-15(8-9-18(16(11)19)17(20)21)14-7-6-12-4-2-3-5-13(12)10-14/h6-10H,2-5H2,1H3,(H,20,21)/p-1. The largest absolute Gasteiger partial charge is 0.529 e. The van der Waals surface area contributed by atoms with E-state index in [1.165, 1.54) is 30.2 Å². The normalized spacial score (nSPS) is 13.8. The highest BCUT2D eigenvalue weighted by Gasteiger charge is 2.13. The summed E-state index contributed by atoms with van der Waals surface area (Å²) in [7, 11) is 0. The number of rotatable bonds is 1. The molecule has 108 valence electrons. The van der Waals surface area contributed by atoms with Gasteiger partial charge in [0.15, 0.2) is 0 Å². The maximum atomic E-state index is 12.0. The van der Waals surface area contributed by atoms with Crippen molar-refractivity contribution in [1.82, 2.24) is 4.57 Å². The Bertz CT molecular complexity index is 774. The summed E-state index contributed by atoms with van der Waals surface area (Å²) >= 11 is 0. The Kier molecular flexibility index (Phi) is 3.37. The molecule has 0 fully saturated rings. The first-order valence-electron chi connectivity index (χ1n) is 7.13. The minimum absolute atomic E-state index is 0.428. The molecule has 1 aliphatic rings. The van der Waals surface area contributed by atoms with Gasteiger partial charge in [0.05, 0.1) is 0 Å². The molecule has 0 bridgehead atoms. The van der Waals surface area contributed by atoms with Gasteiger partial charge in [-0.15, -0.1) is 0 Å². The molecule has 1 aromatic heterocycles. The highest BCUT2D eigenvalue weighted by molar-refractivity contribution is 5.71. The Morgan fingerprint density at radius 1 is 1.14 bits per heavy atom. The van der Waals surface area contributed by atoms with Gasteiger partial charge in [-0.25, -0.2) is 0 Å². The molecule has 1 heterocycles. The number of benzene rings is 1. The highest BCUT2D eigenvalue weighted by atomic mass is 16.4. The number of aromatic nitrogens is 1. The molecule has 1 aliphatic carbocycles. The summed E-state index contributed by atoms with van der Waals surface area (Å²) in [6.45, 7) is 1.65. The van der Waals surface area contributed by atoms with E-state index in [2.05, 4.69) is 12.1 Å². The SMILES string of the molecule is Cc1c(-c2ccc3c(c2)CCCC3)ccn(C(=O)[O-])c1=O. The lowest BCUT2D eigenvalue weighted by Crippen LogP contribution is -2.37. The molecule has 0 amide bonds. The third-order valence-electron chi connectivity index (χ3n) is 4.19. The molecule has 0 aliphatic heterocycles. The van der Waals surface area contributed by atoms with Crippen LogP contribution in [0, 0.1) is 6.92 Å². The molecule has 0 spiro atoms. The van der Waals surface area contributed by atoms with Crippen molar-refractivity contribution in [2.45, 2.75) is 32.6 Å². The summed E-state index contributed by atoms with van der Waals surface area (Å²) in [5.74, 6) is 0. The molecule has 1 aromatic carbocycles. The molecule has 0 saturated carbocycles. The van der Waals surface area contributed by atoms with Crippen LogP contribution in [0.2, 0.25) is 0 Å². The molecule has 3 rings (SSSR count). The van der Waals surface area contributed by atoms with Crippen LogP contribution >= 0.6 is 0 Å². The number of aryl methyl sites for hydroxylation is 2. The summed E-state index contributed by atoms with van der Waals surface area (Å²) in [5, 5.41) is 10.9. The fourth-order valence-electron chi connectivity index (χ4n) is 3.00. The molecular formula is C17H16NO3-. The predicted molar refractivity (Wildman–Crippen MR) is 78.3 cm³/mol. The summed E-state index contributed by atoms with van der Waals surface area (Å²) in [6, 6.07) is 7.92. The van der Waals surface area contributed by atoms with Gasteiger partial charge in [-0.3, -0.25) is 9.36 Å². The number of fused-ring (bicyclic) bond motifs is 1. The van der Waals surface area contributed by atoms with Crippen LogP contribution in [0.5, 0.6) is 0 Å². The summed E-state index contributed by atoms with van der Waals surface area (Å²) in [6.07, 6.45) is 4.37. The number of carboxylic acid groups (broad SMARTS) is 1. The Morgan fingerprint density at radius 2 is 1.86 bits per heavy atom. The Balaban J connectivity index is 2.11.